The Morgan fingerprint density at radius 1 is 1.22 bits per heavy atom. The van der Waals surface area contributed by atoms with E-state index < -0.39 is 15.9 Å². The van der Waals surface area contributed by atoms with Crippen LogP contribution in [-0.2, 0) is 29.9 Å². The van der Waals surface area contributed by atoms with Crippen LogP contribution in [-0.4, -0.2) is 59.3 Å². The summed E-state index contributed by atoms with van der Waals surface area (Å²) in [4.78, 5) is 25.3. The molecule has 32 heavy (non-hydrogen) atoms. The topological polar surface area (TPSA) is 114 Å². The van der Waals surface area contributed by atoms with Crippen LogP contribution in [0.1, 0.15) is 34.3 Å². The standard InChI is InChI=1S/C21H26N6O3S2/c1-13-3-4-15-17(9-13)31-21-18(15)20(23-12-24-21)26-5-7-27(8-6-26)32(29,30)14-10-16(19(22)28)25(2)11-14/h10-13H,3-9H2,1-2H3,(H2,22,28). The molecule has 9 nitrogen and oxygen atoms in total. The van der Waals surface area contributed by atoms with Crippen molar-refractivity contribution < 1.29 is 13.2 Å². The van der Waals surface area contributed by atoms with E-state index in [0.717, 1.165) is 28.9 Å². The van der Waals surface area contributed by atoms with E-state index in [2.05, 4.69) is 21.8 Å². The lowest BCUT2D eigenvalue weighted by Crippen LogP contribution is -2.49. The number of amides is 1. The van der Waals surface area contributed by atoms with E-state index in [1.165, 1.54) is 38.0 Å². The van der Waals surface area contributed by atoms with Gasteiger partial charge in [-0.3, -0.25) is 4.79 Å². The Morgan fingerprint density at radius 3 is 2.66 bits per heavy atom. The van der Waals surface area contributed by atoms with E-state index in [1.54, 1.807) is 24.7 Å². The summed E-state index contributed by atoms with van der Waals surface area (Å²) in [6.45, 7) is 4.07. The maximum Gasteiger partial charge on any atom is 0.265 e. The van der Waals surface area contributed by atoms with Crippen LogP contribution in [0.4, 0.5) is 5.82 Å². The van der Waals surface area contributed by atoms with Crippen LogP contribution in [0, 0.1) is 5.92 Å². The van der Waals surface area contributed by atoms with E-state index in [-0.39, 0.29) is 10.6 Å². The van der Waals surface area contributed by atoms with E-state index >= 15 is 0 Å². The molecule has 0 radical (unpaired) electrons. The highest BCUT2D eigenvalue weighted by Crippen LogP contribution is 2.40. The van der Waals surface area contributed by atoms with Crippen molar-refractivity contribution in [2.75, 3.05) is 31.1 Å². The number of aromatic nitrogens is 3. The molecule has 4 heterocycles. The minimum atomic E-state index is -3.71. The first kappa shape index (κ1) is 21.4. The molecular formula is C21H26N6O3S2. The van der Waals surface area contributed by atoms with Gasteiger partial charge in [0.25, 0.3) is 5.91 Å². The van der Waals surface area contributed by atoms with Crippen molar-refractivity contribution in [3.63, 3.8) is 0 Å². The Kier molecular flexibility index (Phi) is 5.22. The second-order valence-corrected chi connectivity index (χ2v) is 11.7. The molecule has 0 aromatic carbocycles. The third-order valence-electron chi connectivity index (χ3n) is 6.48. The fourth-order valence-corrected chi connectivity index (χ4v) is 7.55. The summed E-state index contributed by atoms with van der Waals surface area (Å²) in [5.41, 5.74) is 6.88. The molecule has 170 valence electrons. The highest BCUT2D eigenvalue weighted by Gasteiger charge is 2.32. The molecule has 3 aromatic rings. The van der Waals surface area contributed by atoms with E-state index in [0.29, 0.717) is 32.1 Å². The normalized spacial score (nSPS) is 19.9. The summed E-state index contributed by atoms with van der Waals surface area (Å²) >= 11 is 1.77. The number of carbonyl (C=O) groups is 1. The molecule has 1 saturated heterocycles. The van der Waals surface area contributed by atoms with Crippen molar-refractivity contribution in [3.05, 3.63) is 34.7 Å². The second-order valence-electron chi connectivity index (χ2n) is 8.66. The van der Waals surface area contributed by atoms with Crippen LogP contribution in [0.3, 0.4) is 0 Å². The minimum Gasteiger partial charge on any atom is -0.364 e. The lowest BCUT2D eigenvalue weighted by molar-refractivity contribution is 0.0992. The van der Waals surface area contributed by atoms with Gasteiger partial charge in [-0.1, -0.05) is 6.92 Å². The third kappa shape index (κ3) is 3.48. The monoisotopic (exact) mass is 474 g/mol. The molecule has 1 fully saturated rings. The average Bonchev–Trinajstić information content (AvgIpc) is 3.34. The van der Waals surface area contributed by atoms with E-state index in [1.807, 2.05) is 0 Å². The van der Waals surface area contributed by atoms with Gasteiger partial charge in [-0.05, 0) is 36.8 Å². The first-order valence-electron chi connectivity index (χ1n) is 10.7. The molecule has 1 unspecified atom stereocenters. The highest BCUT2D eigenvalue weighted by molar-refractivity contribution is 7.89. The van der Waals surface area contributed by atoms with Crippen molar-refractivity contribution in [3.8, 4) is 0 Å². The third-order valence-corrected chi connectivity index (χ3v) is 9.51. The van der Waals surface area contributed by atoms with Gasteiger partial charge in [0.05, 0.1) is 5.39 Å². The minimum absolute atomic E-state index is 0.0905. The number of carbonyl (C=O) groups excluding carboxylic acids is 1. The second kappa shape index (κ2) is 7.82. The Balaban J connectivity index is 1.39. The van der Waals surface area contributed by atoms with Crippen LogP contribution in [0.25, 0.3) is 10.2 Å². The fourth-order valence-electron chi connectivity index (χ4n) is 4.71. The number of primary amides is 1. The summed E-state index contributed by atoms with van der Waals surface area (Å²) < 4.78 is 29.2. The predicted molar refractivity (Wildman–Crippen MR) is 124 cm³/mol. The molecule has 1 aliphatic carbocycles. The predicted octanol–water partition coefficient (Wildman–Crippen LogP) is 1.76. The molecule has 11 heteroatoms. The Bertz CT molecular complexity index is 1300. The van der Waals surface area contributed by atoms with Gasteiger partial charge in [-0.15, -0.1) is 11.3 Å². The molecule has 3 aromatic heterocycles. The number of fused-ring (bicyclic) bond motifs is 3. The van der Waals surface area contributed by atoms with Gasteiger partial charge < -0.3 is 15.2 Å². The number of anilines is 1. The van der Waals surface area contributed by atoms with E-state index in [4.69, 9.17) is 5.73 Å². The number of hydrogen-bond donors (Lipinski definition) is 1. The number of piperazine rings is 1. The maximum absolute atomic E-state index is 13.1. The van der Waals surface area contributed by atoms with Crippen LogP contribution in [0.5, 0.6) is 0 Å². The van der Waals surface area contributed by atoms with E-state index in [9.17, 15) is 13.2 Å². The summed E-state index contributed by atoms with van der Waals surface area (Å²) in [5.74, 6) is 0.948. The fraction of sp³-hybridized carbons (Fsp3) is 0.476. The number of rotatable bonds is 4. The van der Waals surface area contributed by atoms with Crippen LogP contribution in [0.15, 0.2) is 23.5 Å². The molecule has 0 saturated carbocycles. The Morgan fingerprint density at radius 2 is 1.97 bits per heavy atom. The van der Waals surface area contributed by atoms with Crippen molar-refractivity contribution in [2.45, 2.75) is 31.1 Å². The number of thiophene rings is 1. The van der Waals surface area contributed by atoms with Crippen LogP contribution >= 0.6 is 11.3 Å². The summed E-state index contributed by atoms with van der Waals surface area (Å²) in [6, 6.07) is 1.34. The molecule has 2 aliphatic rings. The number of sulfonamides is 1. The number of nitrogens with zero attached hydrogens (tertiary/aromatic N) is 5. The van der Waals surface area contributed by atoms with Gasteiger partial charge in [0.1, 0.15) is 27.6 Å². The zero-order valence-corrected chi connectivity index (χ0v) is 19.7. The molecule has 5 rings (SSSR count). The highest BCUT2D eigenvalue weighted by atomic mass is 32.2. The van der Waals surface area contributed by atoms with Gasteiger partial charge in [-0.25, -0.2) is 18.4 Å². The molecular weight excluding hydrogens is 448 g/mol. The summed E-state index contributed by atoms with van der Waals surface area (Å²) in [7, 11) is -2.10. The van der Waals surface area contributed by atoms with Gasteiger partial charge >= 0.3 is 0 Å². The Hall–Kier alpha value is -2.50. The largest absolute Gasteiger partial charge is 0.364 e. The van der Waals surface area contributed by atoms with Crippen molar-refractivity contribution in [2.24, 2.45) is 18.7 Å². The average molecular weight is 475 g/mol. The smallest absolute Gasteiger partial charge is 0.265 e. The van der Waals surface area contributed by atoms with Crippen molar-refractivity contribution in [1.29, 1.82) is 0 Å². The van der Waals surface area contributed by atoms with Gasteiger partial charge in [-0.2, -0.15) is 4.31 Å². The Labute approximate surface area is 190 Å². The number of nitrogens with two attached hydrogens (primary N) is 1. The first-order valence-corrected chi connectivity index (χ1v) is 13.0. The number of aryl methyl sites for hydroxylation is 2. The van der Waals surface area contributed by atoms with Crippen LogP contribution < -0.4 is 10.6 Å². The summed E-state index contributed by atoms with van der Waals surface area (Å²) in [5, 5.41) is 1.14. The summed E-state index contributed by atoms with van der Waals surface area (Å²) in [6.07, 6.45) is 6.35. The lowest BCUT2D eigenvalue weighted by Gasteiger charge is -2.35. The lowest BCUT2D eigenvalue weighted by atomic mass is 9.89. The number of hydrogen-bond acceptors (Lipinski definition) is 7. The molecule has 0 bridgehead atoms. The van der Waals surface area contributed by atoms with Crippen molar-refractivity contribution in [1.82, 2.24) is 18.8 Å². The molecule has 2 N–H and O–H groups in total. The molecule has 0 spiro atoms. The zero-order chi connectivity index (χ0) is 22.6. The molecule has 1 amide bonds. The van der Waals surface area contributed by atoms with Crippen molar-refractivity contribution >= 4 is 43.3 Å². The zero-order valence-electron chi connectivity index (χ0n) is 18.1. The van der Waals surface area contributed by atoms with Gasteiger partial charge in [0.15, 0.2) is 0 Å². The van der Waals surface area contributed by atoms with Gasteiger partial charge in [0, 0.05) is 44.3 Å². The molecule has 1 atom stereocenters. The maximum atomic E-state index is 13.1. The van der Waals surface area contributed by atoms with Gasteiger partial charge in [0.2, 0.25) is 10.0 Å². The molecule has 1 aliphatic heterocycles. The van der Waals surface area contributed by atoms with Crippen LogP contribution in [0.2, 0.25) is 0 Å². The quantitative estimate of drug-likeness (QED) is 0.616. The first-order chi connectivity index (χ1) is 15.3. The SMILES string of the molecule is CC1CCc2c(sc3ncnc(N4CCN(S(=O)(=O)c5cc(C(N)=O)n(C)c5)CC4)c23)C1.